The Morgan fingerprint density at radius 3 is 2.82 bits per heavy atom. The SMILES string of the molecule is CSC(=Nc1cc(Cl)c(F)c(Cl)c1Br)NC#N. The zero-order valence-corrected chi connectivity index (χ0v) is 12.3. The first-order chi connectivity index (χ1) is 8.01. The van der Waals surface area contributed by atoms with Gasteiger partial charge in [0.25, 0.3) is 0 Å². The predicted molar refractivity (Wildman–Crippen MR) is 73.5 cm³/mol. The molecule has 0 heterocycles. The summed E-state index contributed by atoms with van der Waals surface area (Å²) in [7, 11) is 0. The molecule has 1 N–H and O–H groups in total. The highest BCUT2D eigenvalue weighted by Crippen LogP contribution is 2.38. The van der Waals surface area contributed by atoms with Crippen LogP contribution in [0.3, 0.4) is 0 Å². The lowest BCUT2D eigenvalue weighted by atomic mass is 10.3. The van der Waals surface area contributed by atoms with Gasteiger partial charge in [0.05, 0.1) is 20.2 Å². The Hall–Kier alpha value is -0.480. The highest BCUT2D eigenvalue weighted by Gasteiger charge is 2.14. The fourth-order valence-corrected chi connectivity index (χ4v) is 2.08. The molecular formula is C9H5BrCl2FN3S. The summed E-state index contributed by atoms with van der Waals surface area (Å²) in [6.07, 6.45) is 3.48. The number of halogens is 4. The van der Waals surface area contributed by atoms with Crippen molar-refractivity contribution >= 4 is 61.7 Å². The Morgan fingerprint density at radius 2 is 2.29 bits per heavy atom. The van der Waals surface area contributed by atoms with E-state index in [4.69, 9.17) is 28.5 Å². The highest BCUT2D eigenvalue weighted by atomic mass is 79.9. The van der Waals surface area contributed by atoms with E-state index in [0.717, 1.165) is 0 Å². The molecule has 0 aliphatic carbocycles. The Bertz CT molecular complexity index is 516. The molecule has 0 radical (unpaired) electrons. The van der Waals surface area contributed by atoms with Gasteiger partial charge in [0.1, 0.15) is 0 Å². The van der Waals surface area contributed by atoms with Crippen LogP contribution in [0.15, 0.2) is 15.5 Å². The molecule has 0 unspecified atom stereocenters. The largest absolute Gasteiger partial charge is 0.271 e. The van der Waals surface area contributed by atoms with Crippen molar-refractivity contribution in [2.24, 2.45) is 4.99 Å². The van der Waals surface area contributed by atoms with E-state index in [9.17, 15) is 4.39 Å². The number of nitrogens with one attached hydrogen (secondary N) is 1. The molecule has 0 fully saturated rings. The number of benzene rings is 1. The second kappa shape index (κ2) is 6.45. The van der Waals surface area contributed by atoms with Crippen LogP contribution in [0, 0.1) is 17.3 Å². The molecule has 0 spiro atoms. The molecule has 0 amide bonds. The lowest BCUT2D eigenvalue weighted by molar-refractivity contribution is 0.628. The highest BCUT2D eigenvalue weighted by molar-refractivity contribution is 9.10. The van der Waals surface area contributed by atoms with Gasteiger partial charge in [-0.05, 0) is 28.3 Å². The van der Waals surface area contributed by atoms with Gasteiger partial charge in [-0.1, -0.05) is 35.0 Å². The molecule has 0 aliphatic rings. The van der Waals surface area contributed by atoms with E-state index in [1.807, 2.05) is 0 Å². The van der Waals surface area contributed by atoms with Crippen LogP contribution in [0.1, 0.15) is 0 Å². The summed E-state index contributed by atoms with van der Waals surface area (Å²) >= 11 is 15.7. The van der Waals surface area contributed by atoms with Crippen LogP contribution in [0.25, 0.3) is 0 Å². The number of thioether (sulfide) groups is 1. The lowest BCUT2D eigenvalue weighted by Crippen LogP contribution is -2.12. The van der Waals surface area contributed by atoms with Crippen molar-refractivity contribution in [2.45, 2.75) is 0 Å². The average molecular weight is 357 g/mol. The first-order valence-corrected chi connectivity index (χ1v) is 6.89. The standard InChI is InChI=1S/C9H5BrCl2FN3S/c1-17-9(15-3-14)16-5-2-4(11)8(13)7(12)6(5)10/h2H,1H3,(H,15,16). The third kappa shape index (κ3) is 3.49. The van der Waals surface area contributed by atoms with Crippen molar-refractivity contribution < 1.29 is 4.39 Å². The van der Waals surface area contributed by atoms with Crippen molar-refractivity contribution in [2.75, 3.05) is 6.26 Å². The molecule has 17 heavy (non-hydrogen) atoms. The monoisotopic (exact) mass is 355 g/mol. The van der Waals surface area contributed by atoms with E-state index in [0.29, 0.717) is 10.9 Å². The molecule has 1 aromatic rings. The van der Waals surface area contributed by atoms with Gasteiger partial charge in [0.15, 0.2) is 17.2 Å². The summed E-state index contributed by atoms with van der Waals surface area (Å²) in [5.41, 5.74) is 0.341. The van der Waals surface area contributed by atoms with Crippen molar-refractivity contribution in [3.63, 3.8) is 0 Å². The minimum atomic E-state index is -0.710. The number of nitrogens with zero attached hydrogens (tertiary/aromatic N) is 2. The summed E-state index contributed by atoms with van der Waals surface area (Å²) in [4.78, 5) is 4.09. The Kier molecular flexibility index (Phi) is 5.53. The zero-order valence-electron chi connectivity index (χ0n) is 8.39. The predicted octanol–water partition coefficient (Wildman–Crippen LogP) is 4.32. The first kappa shape index (κ1) is 14.6. The summed E-state index contributed by atoms with van der Waals surface area (Å²) < 4.78 is 13.6. The molecule has 0 saturated heterocycles. The van der Waals surface area contributed by atoms with Crippen LogP contribution in [0.2, 0.25) is 10.0 Å². The second-order valence-electron chi connectivity index (χ2n) is 2.68. The molecule has 1 rings (SSSR count). The van der Waals surface area contributed by atoms with Gasteiger partial charge in [-0.3, -0.25) is 5.32 Å². The number of hydrogen-bond donors (Lipinski definition) is 1. The van der Waals surface area contributed by atoms with Crippen LogP contribution in [0.4, 0.5) is 10.1 Å². The molecule has 0 aliphatic heterocycles. The van der Waals surface area contributed by atoms with E-state index in [1.165, 1.54) is 17.8 Å². The van der Waals surface area contributed by atoms with Crippen LogP contribution in [-0.4, -0.2) is 11.4 Å². The Morgan fingerprint density at radius 1 is 1.65 bits per heavy atom. The van der Waals surface area contributed by atoms with Gasteiger partial charge in [0.2, 0.25) is 0 Å². The summed E-state index contributed by atoms with van der Waals surface area (Å²) in [6, 6.07) is 1.32. The van der Waals surface area contributed by atoms with E-state index >= 15 is 0 Å². The normalized spacial score (nSPS) is 11.2. The summed E-state index contributed by atoms with van der Waals surface area (Å²) in [6.45, 7) is 0. The molecule has 0 aromatic heterocycles. The molecule has 0 atom stereocenters. The fraction of sp³-hybridized carbons (Fsp3) is 0.111. The van der Waals surface area contributed by atoms with Crippen LogP contribution in [-0.2, 0) is 0 Å². The molecular weight excluding hydrogens is 352 g/mol. The van der Waals surface area contributed by atoms with Crippen molar-refractivity contribution in [1.29, 1.82) is 5.26 Å². The van der Waals surface area contributed by atoms with E-state index in [2.05, 4.69) is 26.2 Å². The second-order valence-corrected chi connectivity index (χ2v) is 5.05. The number of aliphatic imine (C=N–C) groups is 1. The molecule has 3 nitrogen and oxygen atoms in total. The third-order valence-corrected chi connectivity index (χ3v) is 3.90. The van der Waals surface area contributed by atoms with Crippen molar-refractivity contribution in [3.8, 4) is 6.19 Å². The molecule has 90 valence electrons. The van der Waals surface area contributed by atoms with Crippen LogP contribution in [0.5, 0.6) is 0 Å². The lowest BCUT2D eigenvalue weighted by Gasteiger charge is -2.06. The third-order valence-electron chi connectivity index (χ3n) is 1.66. The van der Waals surface area contributed by atoms with Crippen molar-refractivity contribution in [1.82, 2.24) is 5.32 Å². The fourth-order valence-electron chi connectivity index (χ4n) is 0.924. The van der Waals surface area contributed by atoms with Gasteiger partial charge >= 0.3 is 0 Å². The molecule has 0 saturated carbocycles. The molecule has 8 heteroatoms. The Balaban J connectivity index is 3.29. The van der Waals surface area contributed by atoms with Gasteiger partial charge in [0, 0.05) is 0 Å². The maximum atomic E-state index is 13.3. The zero-order chi connectivity index (χ0) is 13.0. The van der Waals surface area contributed by atoms with E-state index < -0.39 is 5.82 Å². The van der Waals surface area contributed by atoms with Crippen LogP contribution < -0.4 is 5.32 Å². The van der Waals surface area contributed by atoms with E-state index in [-0.39, 0.29) is 14.5 Å². The summed E-state index contributed by atoms with van der Waals surface area (Å²) in [5.74, 6) is -0.710. The van der Waals surface area contributed by atoms with Crippen molar-refractivity contribution in [3.05, 3.63) is 26.4 Å². The minimum Gasteiger partial charge on any atom is -0.271 e. The van der Waals surface area contributed by atoms with E-state index in [1.54, 1.807) is 12.4 Å². The molecule has 1 aromatic carbocycles. The molecule has 0 bridgehead atoms. The summed E-state index contributed by atoms with van der Waals surface area (Å²) in [5, 5.41) is 10.9. The van der Waals surface area contributed by atoms with Crippen LogP contribution >= 0.6 is 50.9 Å². The van der Waals surface area contributed by atoms with Gasteiger partial charge in [-0.2, -0.15) is 5.26 Å². The average Bonchev–Trinajstić information content (AvgIpc) is 2.32. The van der Waals surface area contributed by atoms with Gasteiger partial charge in [-0.25, -0.2) is 9.38 Å². The Labute approximate surface area is 120 Å². The first-order valence-electron chi connectivity index (χ1n) is 4.12. The number of nitriles is 1. The quantitative estimate of drug-likeness (QED) is 0.203. The number of amidine groups is 1. The smallest absolute Gasteiger partial charge is 0.183 e. The van der Waals surface area contributed by atoms with Gasteiger partial charge in [-0.15, -0.1) is 0 Å². The topological polar surface area (TPSA) is 48.2 Å². The van der Waals surface area contributed by atoms with Gasteiger partial charge < -0.3 is 0 Å². The maximum absolute atomic E-state index is 13.3. The maximum Gasteiger partial charge on any atom is 0.183 e. The number of rotatable bonds is 1. The number of hydrogen-bond acceptors (Lipinski definition) is 3. The minimum absolute atomic E-state index is 0.130.